The Morgan fingerprint density at radius 3 is 2.81 bits per heavy atom. The van der Waals surface area contributed by atoms with Gasteiger partial charge in [-0.25, -0.2) is 5.43 Å². The van der Waals surface area contributed by atoms with Gasteiger partial charge in [0.2, 0.25) is 0 Å². The molecule has 3 N–H and O–H groups in total. The number of ether oxygens (including phenoxy) is 1. The Bertz CT molecular complexity index is 644. The summed E-state index contributed by atoms with van der Waals surface area (Å²) in [5, 5.41) is 0. The highest BCUT2D eigenvalue weighted by Gasteiger charge is 2.29. The summed E-state index contributed by atoms with van der Waals surface area (Å²) in [6.45, 7) is 4.26. The van der Waals surface area contributed by atoms with E-state index in [4.69, 9.17) is 10.6 Å². The van der Waals surface area contributed by atoms with Crippen molar-refractivity contribution in [1.82, 2.24) is 5.43 Å². The zero-order valence-corrected chi connectivity index (χ0v) is 13.1. The zero-order valence-electron chi connectivity index (χ0n) is 12.3. The van der Waals surface area contributed by atoms with Crippen LogP contribution in [0.5, 0.6) is 5.75 Å². The van der Waals surface area contributed by atoms with E-state index >= 15 is 0 Å². The molecule has 3 nitrogen and oxygen atoms in total. The van der Waals surface area contributed by atoms with E-state index in [1.54, 1.807) is 0 Å². The molecule has 0 saturated heterocycles. The molecule has 21 heavy (non-hydrogen) atoms. The molecule has 2 aromatic rings. The fourth-order valence-electron chi connectivity index (χ4n) is 2.71. The summed E-state index contributed by atoms with van der Waals surface area (Å²) in [6, 6.07) is 14.5. The third-order valence-corrected chi connectivity index (χ3v) is 5.21. The molecule has 0 fully saturated rings. The highest BCUT2D eigenvalue weighted by atomic mass is 32.2. The summed E-state index contributed by atoms with van der Waals surface area (Å²) in [6.07, 6.45) is 0.0235. The Hall–Kier alpha value is -1.49. The number of aryl methyl sites for hydroxylation is 1. The lowest BCUT2D eigenvalue weighted by molar-refractivity contribution is 0.166. The maximum absolute atomic E-state index is 6.17. The number of nitrogens with one attached hydrogen (secondary N) is 1. The lowest BCUT2D eigenvalue weighted by Crippen LogP contribution is -2.42. The average Bonchev–Trinajstić information content (AvgIpc) is 2.52. The SMILES string of the molecule is Cc1cccc(C(NN)C2CSc3ccccc3O2)c1C. The lowest BCUT2D eigenvalue weighted by Gasteiger charge is -2.32. The Morgan fingerprint density at radius 2 is 2.00 bits per heavy atom. The van der Waals surface area contributed by atoms with E-state index in [0.29, 0.717) is 0 Å². The quantitative estimate of drug-likeness (QED) is 0.674. The van der Waals surface area contributed by atoms with Crippen molar-refractivity contribution in [1.29, 1.82) is 0 Å². The summed E-state index contributed by atoms with van der Waals surface area (Å²) in [5.41, 5.74) is 6.71. The number of hydrogen-bond donors (Lipinski definition) is 2. The van der Waals surface area contributed by atoms with Gasteiger partial charge in [-0.3, -0.25) is 5.84 Å². The molecular formula is C17H20N2OS. The van der Waals surface area contributed by atoms with E-state index in [0.717, 1.165) is 11.5 Å². The number of hydrogen-bond acceptors (Lipinski definition) is 4. The molecule has 0 spiro atoms. The van der Waals surface area contributed by atoms with Crippen LogP contribution in [-0.2, 0) is 0 Å². The number of thioether (sulfide) groups is 1. The van der Waals surface area contributed by atoms with Gasteiger partial charge in [0.15, 0.2) is 0 Å². The molecule has 2 atom stereocenters. The lowest BCUT2D eigenvalue weighted by atomic mass is 9.95. The summed E-state index contributed by atoms with van der Waals surface area (Å²) in [7, 11) is 0. The first kappa shape index (κ1) is 14.4. The largest absolute Gasteiger partial charge is 0.486 e. The maximum Gasteiger partial charge on any atom is 0.133 e. The summed E-state index contributed by atoms with van der Waals surface area (Å²) < 4.78 is 6.17. The van der Waals surface area contributed by atoms with E-state index < -0.39 is 0 Å². The summed E-state index contributed by atoms with van der Waals surface area (Å²) in [4.78, 5) is 1.20. The van der Waals surface area contributed by atoms with Gasteiger partial charge in [-0.05, 0) is 42.7 Å². The van der Waals surface area contributed by atoms with Crippen molar-refractivity contribution in [2.45, 2.75) is 30.9 Å². The van der Waals surface area contributed by atoms with Crippen LogP contribution in [0, 0.1) is 13.8 Å². The first-order chi connectivity index (χ1) is 10.2. The minimum absolute atomic E-state index is 0.00856. The Morgan fingerprint density at radius 1 is 1.19 bits per heavy atom. The molecule has 4 heteroatoms. The number of hydrazine groups is 1. The van der Waals surface area contributed by atoms with Crippen LogP contribution < -0.4 is 16.0 Å². The van der Waals surface area contributed by atoms with Gasteiger partial charge in [0.05, 0.1) is 6.04 Å². The number of fused-ring (bicyclic) bond motifs is 1. The van der Waals surface area contributed by atoms with Gasteiger partial charge in [0.1, 0.15) is 11.9 Å². The van der Waals surface area contributed by atoms with Gasteiger partial charge < -0.3 is 4.74 Å². The average molecular weight is 300 g/mol. The van der Waals surface area contributed by atoms with Gasteiger partial charge in [-0.2, -0.15) is 0 Å². The third kappa shape index (κ3) is 2.79. The van der Waals surface area contributed by atoms with Crippen molar-refractivity contribution >= 4 is 11.8 Å². The van der Waals surface area contributed by atoms with Crippen LogP contribution in [0.3, 0.4) is 0 Å². The molecule has 1 aliphatic heterocycles. The van der Waals surface area contributed by atoms with Crippen LogP contribution in [0.2, 0.25) is 0 Å². The van der Waals surface area contributed by atoms with Gasteiger partial charge in [-0.1, -0.05) is 30.3 Å². The molecule has 110 valence electrons. The van der Waals surface area contributed by atoms with Gasteiger partial charge in [0, 0.05) is 10.6 Å². The van der Waals surface area contributed by atoms with Gasteiger partial charge in [0.25, 0.3) is 0 Å². The standard InChI is InChI=1S/C17H20N2OS/c1-11-6-5-7-13(12(11)2)17(19-18)15-10-21-16-9-4-3-8-14(16)20-15/h3-9,15,17,19H,10,18H2,1-2H3. The normalized spacial score (nSPS) is 18.7. The monoisotopic (exact) mass is 300 g/mol. The topological polar surface area (TPSA) is 47.3 Å². The minimum atomic E-state index is -0.00856. The summed E-state index contributed by atoms with van der Waals surface area (Å²) in [5.74, 6) is 7.67. The number of rotatable bonds is 3. The van der Waals surface area contributed by atoms with E-state index in [1.807, 2.05) is 30.0 Å². The second kappa shape index (κ2) is 6.10. The molecule has 0 aromatic heterocycles. The number of nitrogens with two attached hydrogens (primary N) is 1. The predicted molar refractivity (Wildman–Crippen MR) is 87.6 cm³/mol. The van der Waals surface area contributed by atoms with Crippen molar-refractivity contribution in [3.8, 4) is 5.75 Å². The van der Waals surface area contributed by atoms with Crippen molar-refractivity contribution in [3.63, 3.8) is 0 Å². The Labute approximate surface area is 129 Å². The molecule has 0 amide bonds. The first-order valence-electron chi connectivity index (χ1n) is 7.11. The Balaban J connectivity index is 1.90. The second-order valence-electron chi connectivity index (χ2n) is 5.35. The smallest absolute Gasteiger partial charge is 0.133 e. The molecule has 0 radical (unpaired) electrons. The molecule has 1 aliphatic rings. The molecule has 2 unspecified atom stereocenters. The second-order valence-corrected chi connectivity index (χ2v) is 6.41. The molecule has 0 bridgehead atoms. The fraction of sp³-hybridized carbons (Fsp3) is 0.294. The highest BCUT2D eigenvalue weighted by Crippen LogP contribution is 2.38. The summed E-state index contributed by atoms with van der Waals surface area (Å²) >= 11 is 1.82. The van der Waals surface area contributed by atoms with Crippen molar-refractivity contribution in [3.05, 3.63) is 59.2 Å². The molecule has 0 aliphatic carbocycles. The predicted octanol–water partition coefficient (Wildman–Crippen LogP) is 3.36. The molecule has 1 heterocycles. The Kier molecular flexibility index (Phi) is 4.19. The third-order valence-electron chi connectivity index (χ3n) is 4.06. The first-order valence-corrected chi connectivity index (χ1v) is 8.10. The van der Waals surface area contributed by atoms with E-state index in [9.17, 15) is 0 Å². The van der Waals surface area contributed by atoms with Crippen molar-refractivity contribution in [2.75, 3.05) is 5.75 Å². The molecule has 2 aromatic carbocycles. The van der Waals surface area contributed by atoms with E-state index in [-0.39, 0.29) is 12.1 Å². The number of benzene rings is 2. The van der Waals surface area contributed by atoms with Crippen LogP contribution in [0.25, 0.3) is 0 Å². The van der Waals surface area contributed by atoms with Crippen LogP contribution in [0.4, 0.5) is 0 Å². The molecule has 0 saturated carbocycles. The van der Waals surface area contributed by atoms with E-state index in [2.05, 4.69) is 43.5 Å². The van der Waals surface area contributed by atoms with Gasteiger partial charge >= 0.3 is 0 Å². The molecule has 3 rings (SSSR count). The van der Waals surface area contributed by atoms with Crippen LogP contribution >= 0.6 is 11.8 Å². The highest BCUT2D eigenvalue weighted by molar-refractivity contribution is 7.99. The van der Waals surface area contributed by atoms with Gasteiger partial charge in [-0.15, -0.1) is 11.8 Å². The minimum Gasteiger partial charge on any atom is -0.486 e. The number of para-hydroxylation sites is 1. The maximum atomic E-state index is 6.17. The zero-order chi connectivity index (χ0) is 14.8. The van der Waals surface area contributed by atoms with Crippen LogP contribution in [0.1, 0.15) is 22.7 Å². The van der Waals surface area contributed by atoms with E-state index in [1.165, 1.54) is 21.6 Å². The van der Waals surface area contributed by atoms with Crippen LogP contribution in [0.15, 0.2) is 47.4 Å². The van der Waals surface area contributed by atoms with Crippen molar-refractivity contribution < 1.29 is 4.74 Å². The fourth-order valence-corrected chi connectivity index (χ4v) is 3.75. The van der Waals surface area contributed by atoms with Crippen molar-refractivity contribution in [2.24, 2.45) is 5.84 Å². The molecular weight excluding hydrogens is 280 g/mol. The van der Waals surface area contributed by atoms with Crippen LogP contribution in [-0.4, -0.2) is 11.9 Å².